The smallest absolute Gasteiger partial charge is 0.492 e. The Bertz CT molecular complexity index is 429. The first-order valence-electron chi connectivity index (χ1n) is 5.53. The van der Waals surface area contributed by atoms with Gasteiger partial charge >= 0.3 is 7.12 Å². The van der Waals surface area contributed by atoms with Gasteiger partial charge in [-0.3, -0.25) is 0 Å². The molecule has 1 aromatic carbocycles. The molecule has 0 saturated carbocycles. The standard InChI is InChI=1S/C11H12BBrO3.H2S/c1-2-8-10-7(13)3-4-9-11(10)12(16-8)15-6-5-14-9;/h3-4,8H,2,5-6H2,1H3;1H2/t8-;/m1./s1. The van der Waals surface area contributed by atoms with E-state index in [0.29, 0.717) is 13.2 Å². The average molecular weight is 317 g/mol. The SMILES string of the molecule is CC[C@H]1OB2OCCOc3ccc(Br)c1c32.S. The fourth-order valence-electron chi connectivity index (χ4n) is 2.30. The van der Waals surface area contributed by atoms with Crippen LogP contribution in [0.2, 0.25) is 0 Å². The molecule has 2 heterocycles. The zero-order valence-electron chi connectivity index (χ0n) is 9.53. The number of hydrogen-bond acceptors (Lipinski definition) is 3. The van der Waals surface area contributed by atoms with Gasteiger partial charge < -0.3 is 14.0 Å². The molecule has 0 amide bonds. The van der Waals surface area contributed by atoms with Gasteiger partial charge in [0.25, 0.3) is 0 Å². The van der Waals surface area contributed by atoms with Gasteiger partial charge in [0.15, 0.2) is 0 Å². The van der Waals surface area contributed by atoms with Crippen molar-refractivity contribution in [1.82, 2.24) is 0 Å². The molecule has 17 heavy (non-hydrogen) atoms. The number of rotatable bonds is 1. The summed E-state index contributed by atoms with van der Waals surface area (Å²) in [5, 5.41) is 0. The van der Waals surface area contributed by atoms with E-state index in [9.17, 15) is 0 Å². The van der Waals surface area contributed by atoms with Gasteiger partial charge in [0.1, 0.15) is 12.4 Å². The molecule has 0 spiro atoms. The summed E-state index contributed by atoms with van der Waals surface area (Å²) in [6, 6.07) is 4.00. The fraction of sp³-hybridized carbons (Fsp3) is 0.455. The van der Waals surface area contributed by atoms with E-state index in [2.05, 4.69) is 22.9 Å². The molecular weight excluding hydrogens is 303 g/mol. The van der Waals surface area contributed by atoms with Gasteiger partial charge in [-0.2, -0.15) is 13.5 Å². The van der Waals surface area contributed by atoms with Crippen molar-refractivity contribution in [1.29, 1.82) is 0 Å². The molecule has 1 aromatic rings. The number of halogens is 1. The Labute approximate surface area is 117 Å². The third kappa shape index (κ3) is 2.12. The second kappa shape index (κ2) is 5.22. The van der Waals surface area contributed by atoms with Crippen LogP contribution in [0.25, 0.3) is 0 Å². The lowest BCUT2D eigenvalue weighted by Gasteiger charge is -2.13. The highest BCUT2D eigenvalue weighted by molar-refractivity contribution is 9.10. The quantitative estimate of drug-likeness (QED) is 0.743. The Hall–Kier alpha value is -0.165. The molecule has 1 atom stereocenters. The summed E-state index contributed by atoms with van der Waals surface area (Å²) in [4.78, 5) is 0. The first-order chi connectivity index (χ1) is 7.81. The molecule has 2 aliphatic heterocycles. The van der Waals surface area contributed by atoms with Gasteiger partial charge in [-0.15, -0.1) is 0 Å². The Balaban J connectivity index is 0.00000108. The Morgan fingerprint density at radius 3 is 3.00 bits per heavy atom. The first kappa shape index (κ1) is 13.3. The van der Waals surface area contributed by atoms with Gasteiger partial charge in [-0.1, -0.05) is 22.9 Å². The highest BCUT2D eigenvalue weighted by Gasteiger charge is 2.41. The van der Waals surface area contributed by atoms with Crippen LogP contribution in [-0.2, 0) is 9.31 Å². The molecule has 0 unspecified atom stereocenters. The van der Waals surface area contributed by atoms with Crippen LogP contribution in [-0.4, -0.2) is 20.3 Å². The molecule has 0 bridgehead atoms. The Kier molecular flexibility index (Phi) is 4.08. The second-order valence-electron chi connectivity index (χ2n) is 3.96. The molecule has 0 radical (unpaired) electrons. The van der Waals surface area contributed by atoms with Crippen LogP contribution in [0.1, 0.15) is 25.0 Å². The summed E-state index contributed by atoms with van der Waals surface area (Å²) >= 11 is 3.58. The van der Waals surface area contributed by atoms with E-state index in [-0.39, 0.29) is 26.7 Å². The van der Waals surface area contributed by atoms with Crippen LogP contribution in [0.3, 0.4) is 0 Å². The molecule has 3 nitrogen and oxygen atoms in total. The predicted molar refractivity (Wildman–Crippen MR) is 75.5 cm³/mol. The topological polar surface area (TPSA) is 27.7 Å². The van der Waals surface area contributed by atoms with Gasteiger partial charge in [0.2, 0.25) is 0 Å². The lowest BCUT2D eigenvalue weighted by molar-refractivity contribution is 0.141. The summed E-state index contributed by atoms with van der Waals surface area (Å²) in [5.74, 6) is 0.900. The lowest BCUT2D eigenvalue weighted by atomic mass is 9.78. The van der Waals surface area contributed by atoms with Crippen LogP contribution in [0.5, 0.6) is 5.75 Å². The van der Waals surface area contributed by atoms with Gasteiger partial charge in [0.05, 0.1) is 12.7 Å². The van der Waals surface area contributed by atoms with E-state index in [1.165, 1.54) is 5.56 Å². The zero-order chi connectivity index (χ0) is 11.1. The average Bonchev–Trinajstić information content (AvgIpc) is 2.55. The van der Waals surface area contributed by atoms with Crippen molar-refractivity contribution in [2.45, 2.75) is 19.4 Å². The minimum atomic E-state index is -0.255. The summed E-state index contributed by atoms with van der Waals surface area (Å²) in [6.45, 7) is 3.28. The predicted octanol–water partition coefficient (Wildman–Crippen LogP) is 2.15. The minimum Gasteiger partial charge on any atom is -0.492 e. The summed E-state index contributed by atoms with van der Waals surface area (Å²) in [6.07, 6.45) is 1.05. The Morgan fingerprint density at radius 1 is 1.41 bits per heavy atom. The molecule has 3 rings (SSSR count). The minimum absolute atomic E-state index is 0. The first-order valence-corrected chi connectivity index (χ1v) is 6.32. The van der Waals surface area contributed by atoms with Crippen molar-refractivity contribution in [2.24, 2.45) is 0 Å². The van der Waals surface area contributed by atoms with E-state index >= 15 is 0 Å². The van der Waals surface area contributed by atoms with Crippen molar-refractivity contribution in [3.63, 3.8) is 0 Å². The monoisotopic (exact) mass is 316 g/mol. The molecule has 0 N–H and O–H groups in total. The number of hydrogen-bond donors (Lipinski definition) is 0. The summed E-state index contributed by atoms with van der Waals surface area (Å²) < 4.78 is 18.3. The van der Waals surface area contributed by atoms with Crippen LogP contribution < -0.4 is 10.2 Å². The fourth-order valence-corrected chi connectivity index (χ4v) is 2.90. The maximum Gasteiger partial charge on any atom is 0.498 e. The Morgan fingerprint density at radius 2 is 2.24 bits per heavy atom. The van der Waals surface area contributed by atoms with E-state index in [1.807, 2.05) is 12.1 Å². The molecular formula is C11H14BBrO3S. The highest BCUT2D eigenvalue weighted by atomic mass is 79.9. The van der Waals surface area contributed by atoms with Crippen LogP contribution in [0.4, 0.5) is 0 Å². The maximum atomic E-state index is 5.89. The van der Waals surface area contributed by atoms with Crippen LogP contribution >= 0.6 is 29.4 Å². The number of benzene rings is 1. The van der Waals surface area contributed by atoms with Crippen molar-refractivity contribution in [2.75, 3.05) is 13.2 Å². The summed E-state index contributed by atoms with van der Waals surface area (Å²) in [5.41, 5.74) is 2.26. The van der Waals surface area contributed by atoms with Crippen molar-refractivity contribution in [3.8, 4) is 5.75 Å². The van der Waals surface area contributed by atoms with Crippen LogP contribution in [0, 0.1) is 0 Å². The molecule has 6 heteroatoms. The third-order valence-electron chi connectivity index (χ3n) is 3.02. The van der Waals surface area contributed by atoms with Gasteiger partial charge in [-0.25, -0.2) is 0 Å². The molecule has 0 saturated heterocycles. The molecule has 2 aliphatic rings. The van der Waals surface area contributed by atoms with Crippen molar-refractivity contribution >= 4 is 42.0 Å². The molecule has 0 fully saturated rings. The zero-order valence-corrected chi connectivity index (χ0v) is 12.1. The summed E-state index contributed by atoms with van der Waals surface area (Å²) in [7, 11) is -0.255. The van der Waals surface area contributed by atoms with E-state index in [1.54, 1.807) is 0 Å². The van der Waals surface area contributed by atoms with E-state index < -0.39 is 0 Å². The lowest BCUT2D eigenvalue weighted by Crippen LogP contribution is -2.31. The van der Waals surface area contributed by atoms with E-state index in [0.717, 1.165) is 22.1 Å². The van der Waals surface area contributed by atoms with Crippen molar-refractivity contribution in [3.05, 3.63) is 22.2 Å². The maximum absolute atomic E-state index is 5.89. The highest BCUT2D eigenvalue weighted by Crippen LogP contribution is 2.36. The third-order valence-corrected chi connectivity index (χ3v) is 3.71. The van der Waals surface area contributed by atoms with Gasteiger partial charge in [-0.05, 0) is 24.1 Å². The van der Waals surface area contributed by atoms with E-state index in [4.69, 9.17) is 14.0 Å². The molecule has 0 aliphatic carbocycles. The largest absolute Gasteiger partial charge is 0.498 e. The number of ether oxygens (including phenoxy) is 1. The molecule has 0 aromatic heterocycles. The normalized spacial score (nSPS) is 21.3. The van der Waals surface area contributed by atoms with Crippen molar-refractivity contribution < 1.29 is 14.0 Å². The second-order valence-corrected chi connectivity index (χ2v) is 4.81. The van der Waals surface area contributed by atoms with Gasteiger partial charge in [0, 0.05) is 9.94 Å². The van der Waals surface area contributed by atoms with Crippen LogP contribution in [0.15, 0.2) is 16.6 Å². The molecule has 92 valence electrons.